The van der Waals surface area contributed by atoms with Crippen LogP contribution in [0.4, 0.5) is 11.4 Å². The highest BCUT2D eigenvalue weighted by Crippen LogP contribution is 2.38. The van der Waals surface area contributed by atoms with Gasteiger partial charge in [0.1, 0.15) is 11.5 Å². The van der Waals surface area contributed by atoms with Gasteiger partial charge in [0.05, 0.1) is 11.3 Å². The molecule has 0 atom stereocenters. The van der Waals surface area contributed by atoms with Crippen LogP contribution in [0.5, 0.6) is 17.2 Å². The average Bonchev–Trinajstić information content (AvgIpc) is 2.82. The molecule has 2 amide bonds. The number of benzene rings is 3. The lowest BCUT2D eigenvalue weighted by molar-refractivity contribution is -0.118. The van der Waals surface area contributed by atoms with Gasteiger partial charge in [-0.25, -0.2) is 0 Å². The van der Waals surface area contributed by atoms with Gasteiger partial charge in [-0.3, -0.25) is 9.59 Å². The van der Waals surface area contributed by atoms with Crippen molar-refractivity contribution in [3.8, 4) is 17.2 Å². The van der Waals surface area contributed by atoms with E-state index in [1.807, 2.05) is 49.4 Å². The Hall–Kier alpha value is -3.80. The number of nitrogens with zero attached hydrogens (tertiary/aromatic N) is 1. The van der Waals surface area contributed by atoms with Crippen molar-refractivity contribution in [2.45, 2.75) is 6.92 Å². The molecule has 6 nitrogen and oxygen atoms in total. The molecular weight excluding hydrogens is 368 g/mol. The molecule has 0 saturated heterocycles. The first kappa shape index (κ1) is 18.6. The van der Waals surface area contributed by atoms with Gasteiger partial charge in [-0.2, -0.15) is 0 Å². The van der Waals surface area contributed by atoms with Crippen molar-refractivity contribution >= 4 is 23.2 Å². The number of carbonyl (C=O) groups is 2. The molecule has 4 rings (SSSR count). The standard InChI is InChI=1S/C23H20N2O4/c1-15-6-5-7-17(12-15)28-14-22(26)24-16-10-11-20-18(13-16)23(27)25(2)19-8-3-4-9-21(19)29-20/h3-13H,14H2,1-2H3,(H,24,26). The minimum absolute atomic E-state index is 0.129. The maximum absolute atomic E-state index is 12.9. The Kier molecular flexibility index (Phi) is 4.91. The van der Waals surface area contributed by atoms with Crippen LogP contribution < -0.4 is 19.7 Å². The van der Waals surface area contributed by atoms with Crippen LogP contribution in [-0.2, 0) is 4.79 Å². The molecule has 1 N–H and O–H groups in total. The topological polar surface area (TPSA) is 67.9 Å². The summed E-state index contributed by atoms with van der Waals surface area (Å²) in [5, 5.41) is 2.76. The van der Waals surface area contributed by atoms with E-state index in [1.54, 1.807) is 31.3 Å². The fourth-order valence-corrected chi connectivity index (χ4v) is 3.14. The second-order valence-corrected chi connectivity index (χ2v) is 6.80. The number of nitrogens with one attached hydrogen (secondary N) is 1. The highest BCUT2D eigenvalue weighted by Gasteiger charge is 2.25. The number of amides is 2. The highest BCUT2D eigenvalue weighted by molar-refractivity contribution is 6.10. The Labute approximate surface area is 168 Å². The third-order valence-electron chi connectivity index (χ3n) is 4.60. The second-order valence-electron chi connectivity index (χ2n) is 6.80. The number of ether oxygens (including phenoxy) is 2. The average molecular weight is 388 g/mol. The fraction of sp³-hybridized carbons (Fsp3) is 0.130. The van der Waals surface area contributed by atoms with Crippen molar-refractivity contribution in [2.75, 3.05) is 23.9 Å². The van der Waals surface area contributed by atoms with Crippen molar-refractivity contribution in [1.29, 1.82) is 0 Å². The number of carbonyl (C=O) groups excluding carboxylic acids is 2. The Balaban J connectivity index is 1.50. The van der Waals surface area contributed by atoms with Gasteiger partial charge in [0.15, 0.2) is 12.4 Å². The van der Waals surface area contributed by atoms with Gasteiger partial charge in [-0.05, 0) is 55.0 Å². The van der Waals surface area contributed by atoms with E-state index in [2.05, 4.69) is 5.32 Å². The number of hydrogen-bond donors (Lipinski definition) is 1. The molecule has 0 spiro atoms. The van der Waals surface area contributed by atoms with Crippen molar-refractivity contribution in [3.63, 3.8) is 0 Å². The Morgan fingerprint density at radius 1 is 1.03 bits per heavy atom. The van der Waals surface area contributed by atoms with Gasteiger partial charge in [-0.1, -0.05) is 24.3 Å². The first-order valence-electron chi connectivity index (χ1n) is 9.19. The zero-order valence-corrected chi connectivity index (χ0v) is 16.1. The summed E-state index contributed by atoms with van der Waals surface area (Å²) in [6.07, 6.45) is 0. The highest BCUT2D eigenvalue weighted by atomic mass is 16.5. The first-order valence-corrected chi connectivity index (χ1v) is 9.19. The summed E-state index contributed by atoms with van der Waals surface area (Å²) < 4.78 is 11.4. The van der Waals surface area contributed by atoms with Crippen LogP contribution >= 0.6 is 0 Å². The number of hydrogen-bond acceptors (Lipinski definition) is 4. The van der Waals surface area contributed by atoms with Gasteiger partial charge in [0.2, 0.25) is 0 Å². The van der Waals surface area contributed by atoms with E-state index in [0.717, 1.165) is 5.56 Å². The van der Waals surface area contributed by atoms with E-state index in [1.165, 1.54) is 4.90 Å². The summed E-state index contributed by atoms with van der Waals surface area (Å²) >= 11 is 0. The van der Waals surface area contributed by atoms with E-state index < -0.39 is 0 Å². The van der Waals surface area contributed by atoms with E-state index >= 15 is 0 Å². The smallest absolute Gasteiger partial charge is 0.262 e. The zero-order chi connectivity index (χ0) is 20.4. The number of fused-ring (bicyclic) bond motifs is 2. The first-order chi connectivity index (χ1) is 14.0. The minimum Gasteiger partial charge on any atom is -0.484 e. The summed E-state index contributed by atoms with van der Waals surface area (Å²) in [5.41, 5.74) is 2.61. The molecule has 6 heteroatoms. The Morgan fingerprint density at radius 3 is 2.69 bits per heavy atom. The maximum atomic E-state index is 12.9. The molecule has 3 aromatic rings. The molecule has 29 heavy (non-hydrogen) atoms. The predicted octanol–water partition coefficient (Wildman–Crippen LogP) is 4.39. The van der Waals surface area contributed by atoms with E-state index in [-0.39, 0.29) is 18.4 Å². The molecule has 0 fully saturated rings. The van der Waals surface area contributed by atoms with Crippen molar-refractivity contribution in [1.82, 2.24) is 0 Å². The molecule has 0 unspecified atom stereocenters. The molecule has 0 aromatic heterocycles. The largest absolute Gasteiger partial charge is 0.484 e. The predicted molar refractivity (Wildman–Crippen MR) is 111 cm³/mol. The van der Waals surface area contributed by atoms with E-state index in [4.69, 9.17) is 9.47 Å². The third-order valence-corrected chi connectivity index (χ3v) is 4.60. The molecule has 1 heterocycles. The monoisotopic (exact) mass is 388 g/mol. The lowest BCUT2D eigenvalue weighted by atomic mass is 10.1. The fourth-order valence-electron chi connectivity index (χ4n) is 3.14. The van der Waals surface area contributed by atoms with Crippen LogP contribution in [0.25, 0.3) is 0 Å². The summed E-state index contributed by atoms with van der Waals surface area (Å²) in [4.78, 5) is 26.7. The molecule has 146 valence electrons. The lowest BCUT2D eigenvalue weighted by Gasteiger charge is -2.16. The van der Waals surface area contributed by atoms with Crippen LogP contribution in [0.1, 0.15) is 15.9 Å². The molecule has 0 saturated carbocycles. The summed E-state index contributed by atoms with van der Waals surface area (Å²) in [7, 11) is 1.70. The zero-order valence-electron chi connectivity index (χ0n) is 16.1. The second kappa shape index (κ2) is 7.67. The number of rotatable bonds is 4. The summed E-state index contributed by atoms with van der Waals surface area (Å²) in [6.45, 7) is 1.83. The molecule has 0 radical (unpaired) electrons. The van der Waals surface area contributed by atoms with Gasteiger partial charge < -0.3 is 19.7 Å². The third kappa shape index (κ3) is 3.91. The Morgan fingerprint density at radius 2 is 1.86 bits per heavy atom. The van der Waals surface area contributed by atoms with Crippen LogP contribution in [0.15, 0.2) is 66.7 Å². The SMILES string of the molecule is Cc1cccc(OCC(=O)Nc2ccc3c(c2)C(=O)N(C)c2ccccc2O3)c1. The van der Waals surface area contributed by atoms with Crippen molar-refractivity contribution < 1.29 is 19.1 Å². The molecule has 0 bridgehead atoms. The Bertz CT molecular complexity index is 1090. The van der Waals surface area contributed by atoms with Gasteiger partial charge in [0.25, 0.3) is 11.8 Å². The number of para-hydroxylation sites is 2. The maximum Gasteiger partial charge on any atom is 0.262 e. The van der Waals surface area contributed by atoms with Crippen LogP contribution in [0.2, 0.25) is 0 Å². The van der Waals surface area contributed by atoms with E-state index in [0.29, 0.717) is 34.2 Å². The van der Waals surface area contributed by atoms with Crippen molar-refractivity contribution in [2.24, 2.45) is 0 Å². The normalized spacial score (nSPS) is 12.3. The summed E-state index contributed by atoms with van der Waals surface area (Å²) in [5.74, 6) is 1.15. The van der Waals surface area contributed by atoms with Gasteiger partial charge in [0, 0.05) is 12.7 Å². The molecule has 0 aliphatic carbocycles. The molecule has 3 aromatic carbocycles. The number of aryl methyl sites for hydroxylation is 1. The van der Waals surface area contributed by atoms with Crippen LogP contribution in [0, 0.1) is 6.92 Å². The molecular formula is C23H20N2O4. The van der Waals surface area contributed by atoms with Crippen LogP contribution in [0.3, 0.4) is 0 Å². The molecule has 1 aliphatic rings. The lowest BCUT2D eigenvalue weighted by Crippen LogP contribution is -2.25. The quantitative estimate of drug-likeness (QED) is 0.720. The summed E-state index contributed by atoms with van der Waals surface area (Å²) in [6, 6.07) is 19.8. The van der Waals surface area contributed by atoms with E-state index in [9.17, 15) is 9.59 Å². The minimum atomic E-state index is -0.315. The van der Waals surface area contributed by atoms with Gasteiger partial charge >= 0.3 is 0 Å². The molecule has 1 aliphatic heterocycles. The van der Waals surface area contributed by atoms with Crippen LogP contribution in [-0.4, -0.2) is 25.5 Å². The van der Waals surface area contributed by atoms with Crippen molar-refractivity contribution in [3.05, 3.63) is 77.9 Å². The number of anilines is 2. The van der Waals surface area contributed by atoms with Gasteiger partial charge in [-0.15, -0.1) is 0 Å².